The monoisotopic (exact) mass is 256 g/mol. The first-order valence-corrected chi connectivity index (χ1v) is 3.97. The Bertz CT molecular complexity index is 90.0. The van der Waals surface area contributed by atoms with Gasteiger partial charge in [-0.05, 0) is 27.7 Å². The molecule has 0 amide bonds. The summed E-state index contributed by atoms with van der Waals surface area (Å²) in [5.41, 5.74) is 0. The molecule has 86 valence electrons. The summed E-state index contributed by atoms with van der Waals surface area (Å²) in [5.74, 6) is 0. The average molecular weight is 257 g/mol. The van der Waals surface area contributed by atoms with Gasteiger partial charge >= 0.3 is 16.5 Å². The molecule has 0 spiro atoms. The van der Waals surface area contributed by atoms with Crippen LogP contribution in [0.2, 0.25) is 0 Å². The van der Waals surface area contributed by atoms with Gasteiger partial charge in [0, 0.05) is 12.8 Å². The van der Waals surface area contributed by atoms with Crippen LogP contribution in [0.15, 0.2) is 0 Å². The minimum atomic E-state index is -0.187. The van der Waals surface area contributed by atoms with Gasteiger partial charge < -0.3 is 0 Å². The van der Waals surface area contributed by atoms with Crippen LogP contribution >= 0.6 is 0 Å². The normalized spacial score (nSPS) is 10.4. The van der Waals surface area contributed by atoms with Crippen molar-refractivity contribution in [2.45, 2.75) is 27.7 Å². The topological polar surface area (TPSA) is 79.6 Å². The summed E-state index contributed by atoms with van der Waals surface area (Å²) in [6.07, 6.45) is 1.36. The summed E-state index contributed by atoms with van der Waals surface area (Å²) < 4.78 is 0. The summed E-state index contributed by atoms with van der Waals surface area (Å²) in [4.78, 5) is 0. The molecule has 5 heteroatoms. The van der Waals surface area contributed by atoms with Crippen LogP contribution in [0, 0.1) is 37.3 Å². The summed E-state index contributed by atoms with van der Waals surface area (Å²) in [6, 6.07) is 0. The fourth-order valence-electron chi connectivity index (χ4n) is 0.572. The van der Waals surface area contributed by atoms with Crippen LogP contribution in [0.1, 0.15) is 27.7 Å². The molecule has 10 radical (unpaired) electrons. The molecule has 0 saturated carbocycles. The second-order valence-electron chi connectivity index (χ2n) is 2.73. The molecule has 0 N–H and O–H groups in total. The van der Waals surface area contributed by atoms with Gasteiger partial charge in [-0.15, -0.1) is 0 Å². The molecule has 0 aromatic carbocycles. The molecule has 0 fully saturated rings. The molecule has 0 heterocycles. The van der Waals surface area contributed by atoms with E-state index in [1.54, 1.807) is 0 Å². The first kappa shape index (κ1) is 20.7. The van der Waals surface area contributed by atoms with Crippen molar-refractivity contribution in [3.63, 3.8) is 0 Å². The molecule has 0 aliphatic carbocycles. The molecule has 15 heavy (non-hydrogen) atoms. The zero-order valence-electron chi connectivity index (χ0n) is 9.10. The number of hydrogen-bond donors (Lipinski definition) is 0. The van der Waals surface area contributed by atoms with Crippen molar-refractivity contribution in [3.05, 3.63) is 37.3 Å². The first-order valence-electron chi connectivity index (χ1n) is 3.97. The van der Waals surface area contributed by atoms with Crippen LogP contribution in [0.3, 0.4) is 0 Å². The second kappa shape index (κ2) is 12.4. The van der Waals surface area contributed by atoms with E-state index in [2.05, 4.69) is 0 Å². The summed E-state index contributed by atoms with van der Waals surface area (Å²) in [7, 11) is 0. The quantitative estimate of drug-likeness (QED) is 0.692. The fourth-order valence-corrected chi connectivity index (χ4v) is 0.572. The van der Waals surface area contributed by atoms with E-state index < -0.39 is 0 Å². The van der Waals surface area contributed by atoms with Gasteiger partial charge in [-0.1, -0.05) is 0 Å². The van der Waals surface area contributed by atoms with E-state index in [-0.39, 0.29) is 40.9 Å². The molecule has 4 nitrogen and oxygen atoms in total. The third-order valence-corrected chi connectivity index (χ3v) is 0.813. The summed E-state index contributed by atoms with van der Waals surface area (Å²) in [6.45, 7) is 5.39. The van der Waals surface area contributed by atoms with Gasteiger partial charge in [-0.3, -0.25) is 0 Å². The van der Waals surface area contributed by atoms with Gasteiger partial charge in [0.2, 0.25) is 0 Å². The fraction of sp³-hybridized carbons (Fsp3) is 0.400. The van der Waals surface area contributed by atoms with Crippen molar-refractivity contribution in [2.75, 3.05) is 0 Å². The van der Waals surface area contributed by atoms with Crippen molar-refractivity contribution in [1.29, 1.82) is 0 Å². The molecule has 0 aromatic rings. The van der Waals surface area contributed by atoms with Gasteiger partial charge in [0.25, 0.3) is 0 Å². The number of hydrogen-bond acceptors (Lipinski definition) is 0. The van der Waals surface area contributed by atoms with E-state index in [0.29, 0.717) is 0 Å². The zero-order chi connectivity index (χ0) is 11.7. The van der Waals surface area contributed by atoms with E-state index in [9.17, 15) is 20.4 Å². The Balaban J connectivity index is -0.000000180. The van der Waals surface area contributed by atoms with Crippen molar-refractivity contribution in [1.82, 2.24) is 0 Å². The standard InChI is InChI=1S/2C5H7O2.Ni/c2*1-4(6)3-5(2)7;/h2*3H,1-2H3;/q;;+2. The smallest absolute Gasteiger partial charge is 0.226 e. The van der Waals surface area contributed by atoms with E-state index in [1.165, 1.54) is 27.7 Å². The van der Waals surface area contributed by atoms with Crippen molar-refractivity contribution >= 4 is 0 Å². The van der Waals surface area contributed by atoms with Gasteiger partial charge in [-0.25, -0.2) is 20.4 Å². The maximum atomic E-state index is 9.98. The molecule has 0 bridgehead atoms. The predicted octanol–water partition coefficient (Wildman–Crippen LogP) is 2.31. The van der Waals surface area contributed by atoms with Gasteiger partial charge in [0.15, 0.2) is 0 Å². The van der Waals surface area contributed by atoms with Gasteiger partial charge in [0.1, 0.15) is 24.4 Å². The molecular weight excluding hydrogens is 243 g/mol. The van der Waals surface area contributed by atoms with E-state index in [4.69, 9.17) is 0 Å². The van der Waals surface area contributed by atoms with Crippen LogP contribution in [0.25, 0.3) is 0 Å². The molecule has 0 aliphatic rings. The minimum absolute atomic E-state index is 0. The Morgan fingerprint density at radius 3 is 0.733 bits per heavy atom. The predicted molar refractivity (Wildman–Crippen MR) is 47.0 cm³/mol. The summed E-state index contributed by atoms with van der Waals surface area (Å²) in [5, 5.41) is 39.9. The summed E-state index contributed by atoms with van der Waals surface area (Å²) >= 11 is 0. The van der Waals surface area contributed by atoms with Crippen LogP contribution < -0.4 is 0 Å². The molecule has 0 atom stereocenters. The molecule has 0 aromatic heterocycles. The Morgan fingerprint density at radius 2 is 0.733 bits per heavy atom. The molecule has 0 rings (SSSR count). The maximum absolute atomic E-state index is 9.98. The SMILES string of the molecule is C[C]([O])[CH][C](C)[O].C[C]([O])[CH][C](C)[O].[Ni+2]. The molecule has 0 saturated heterocycles. The largest absolute Gasteiger partial charge is 2.00 e. The first-order chi connectivity index (χ1) is 6.25. The third-order valence-electron chi connectivity index (χ3n) is 0.813. The van der Waals surface area contributed by atoms with E-state index in [0.717, 1.165) is 12.8 Å². The van der Waals surface area contributed by atoms with E-state index in [1.807, 2.05) is 0 Å². The third kappa shape index (κ3) is 31.4. The van der Waals surface area contributed by atoms with Gasteiger partial charge in [-0.2, -0.15) is 0 Å². The maximum Gasteiger partial charge on any atom is 2.00 e. The van der Waals surface area contributed by atoms with Gasteiger partial charge in [0.05, 0.1) is 0 Å². The Labute approximate surface area is 102 Å². The van der Waals surface area contributed by atoms with Crippen LogP contribution in [0.4, 0.5) is 0 Å². The van der Waals surface area contributed by atoms with Crippen LogP contribution in [-0.4, -0.2) is 0 Å². The molecular formula is C10H14NiO4+2. The van der Waals surface area contributed by atoms with Crippen molar-refractivity contribution in [2.24, 2.45) is 0 Å². The Morgan fingerprint density at radius 1 is 0.600 bits per heavy atom. The van der Waals surface area contributed by atoms with Crippen molar-refractivity contribution in [3.8, 4) is 0 Å². The van der Waals surface area contributed by atoms with Crippen LogP contribution in [-0.2, 0) is 36.9 Å². The zero-order valence-corrected chi connectivity index (χ0v) is 10.1. The number of rotatable bonds is 4. The Hall–Kier alpha value is 0.334. The van der Waals surface area contributed by atoms with Crippen molar-refractivity contribution < 1.29 is 36.9 Å². The second-order valence-corrected chi connectivity index (χ2v) is 2.73. The van der Waals surface area contributed by atoms with Crippen LogP contribution in [0.5, 0.6) is 0 Å². The molecule has 0 unspecified atom stereocenters. The molecule has 0 aliphatic heterocycles. The minimum Gasteiger partial charge on any atom is -0.226 e. The van der Waals surface area contributed by atoms with E-state index >= 15 is 0 Å². The Kier molecular flexibility index (Phi) is 17.1. The average Bonchev–Trinajstić information content (AvgIpc) is 1.79.